The van der Waals surface area contributed by atoms with Crippen molar-refractivity contribution in [2.24, 2.45) is 0 Å². The molecule has 0 amide bonds. The minimum absolute atomic E-state index is 0.567. The van der Waals surface area contributed by atoms with E-state index in [9.17, 15) is 4.79 Å². The van der Waals surface area contributed by atoms with Gasteiger partial charge in [0.2, 0.25) is 0 Å². The number of carbonyl (C=O) groups is 1. The molecule has 1 heterocycles. The molecule has 0 saturated carbocycles. The maximum absolute atomic E-state index is 10.7. The summed E-state index contributed by atoms with van der Waals surface area (Å²) in [5.41, 5.74) is 0.894. The molecule has 15 heavy (non-hydrogen) atoms. The zero-order valence-corrected chi connectivity index (χ0v) is 9.04. The molecule has 1 aromatic heterocycles. The number of hydrogen-bond acceptors (Lipinski definition) is 3. The highest BCUT2D eigenvalue weighted by Crippen LogP contribution is 2.30. The number of thiophene rings is 1. The molecule has 3 nitrogen and oxygen atoms in total. The highest BCUT2D eigenvalue weighted by molar-refractivity contribution is 7.17. The Morgan fingerprint density at radius 2 is 2.20 bits per heavy atom. The van der Waals surface area contributed by atoms with Crippen molar-refractivity contribution in [3.05, 3.63) is 29.6 Å². The summed E-state index contributed by atoms with van der Waals surface area (Å²) >= 11 is 1.61. The van der Waals surface area contributed by atoms with Crippen LogP contribution in [0, 0.1) is 0 Å². The van der Waals surface area contributed by atoms with Gasteiger partial charge < -0.3 is 10.4 Å². The molecule has 0 radical (unpaired) electrons. The van der Waals surface area contributed by atoms with Crippen molar-refractivity contribution in [1.29, 1.82) is 0 Å². The van der Waals surface area contributed by atoms with Crippen molar-refractivity contribution >= 4 is 33.1 Å². The van der Waals surface area contributed by atoms with Gasteiger partial charge in [0.05, 0.1) is 5.69 Å². The van der Waals surface area contributed by atoms with Gasteiger partial charge in [0.25, 0.3) is 0 Å². The summed E-state index contributed by atoms with van der Waals surface area (Å²) in [5, 5.41) is 14.8. The minimum atomic E-state index is -0.842. The molecule has 4 heteroatoms. The molecule has 0 aliphatic rings. The van der Waals surface area contributed by atoms with Crippen LogP contribution in [0.2, 0.25) is 0 Å². The number of aliphatic carboxylic acids is 1. The monoisotopic (exact) mass is 221 g/mol. The highest BCUT2D eigenvalue weighted by Gasteiger charge is 2.12. The fourth-order valence-electron chi connectivity index (χ4n) is 1.38. The third-order valence-electron chi connectivity index (χ3n) is 2.22. The SMILES string of the molecule is C[C@@H](Nc1csc2ccccc12)C(=O)O. The van der Waals surface area contributed by atoms with Crippen molar-refractivity contribution in [3.8, 4) is 0 Å². The highest BCUT2D eigenvalue weighted by atomic mass is 32.1. The van der Waals surface area contributed by atoms with E-state index >= 15 is 0 Å². The molecule has 2 rings (SSSR count). The van der Waals surface area contributed by atoms with Gasteiger partial charge >= 0.3 is 5.97 Å². The lowest BCUT2D eigenvalue weighted by Gasteiger charge is -2.09. The molecule has 0 saturated heterocycles. The van der Waals surface area contributed by atoms with E-state index in [2.05, 4.69) is 5.32 Å². The van der Waals surface area contributed by atoms with Crippen molar-refractivity contribution in [1.82, 2.24) is 0 Å². The molecule has 2 aromatic rings. The van der Waals surface area contributed by atoms with E-state index in [0.717, 1.165) is 15.8 Å². The van der Waals surface area contributed by atoms with Gasteiger partial charge in [0, 0.05) is 15.5 Å². The number of rotatable bonds is 3. The Labute approximate surface area is 91.4 Å². The van der Waals surface area contributed by atoms with Crippen molar-refractivity contribution in [2.75, 3.05) is 5.32 Å². The lowest BCUT2D eigenvalue weighted by Crippen LogP contribution is -2.25. The molecular formula is C11H11NO2S. The summed E-state index contributed by atoms with van der Waals surface area (Å²) in [6, 6.07) is 7.37. The number of benzene rings is 1. The van der Waals surface area contributed by atoms with Gasteiger partial charge in [0.1, 0.15) is 6.04 Å². The standard InChI is InChI=1S/C11H11NO2S/c1-7(11(13)14)12-9-6-15-10-5-3-2-4-8(9)10/h2-7,12H,1H3,(H,13,14)/t7-/m1/s1. The van der Waals surface area contributed by atoms with Gasteiger partial charge in [-0.25, -0.2) is 0 Å². The van der Waals surface area contributed by atoms with Crippen LogP contribution in [0.4, 0.5) is 5.69 Å². The normalized spacial score (nSPS) is 12.6. The quantitative estimate of drug-likeness (QED) is 0.837. The van der Waals surface area contributed by atoms with Crippen LogP contribution in [0.3, 0.4) is 0 Å². The number of carboxylic acid groups (broad SMARTS) is 1. The van der Waals surface area contributed by atoms with Gasteiger partial charge in [-0.15, -0.1) is 11.3 Å². The first kappa shape index (κ1) is 9.98. The van der Waals surface area contributed by atoms with Gasteiger partial charge in [0.15, 0.2) is 0 Å². The Hall–Kier alpha value is -1.55. The Kier molecular flexibility index (Phi) is 2.60. The van der Waals surface area contributed by atoms with E-state index in [0.29, 0.717) is 0 Å². The van der Waals surface area contributed by atoms with E-state index in [1.165, 1.54) is 0 Å². The van der Waals surface area contributed by atoms with Crippen LogP contribution < -0.4 is 5.32 Å². The molecule has 1 atom stereocenters. The predicted molar refractivity (Wildman–Crippen MR) is 62.5 cm³/mol. The molecule has 0 unspecified atom stereocenters. The zero-order valence-electron chi connectivity index (χ0n) is 8.23. The summed E-state index contributed by atoms with van der Waals surface area (Å²) in [5.74, 6) is -0.842. The maximum atomic E-state index is 10.7. The maximum Gasteiger partial charge on any atom is 0.325 e. The summed E-state index contributed by atoms with van der Waals surface area (Å²) in [7, 11) is 0. The Balaban J connectivity index is 2.32. The second-order valence-electron chi connectivity index (χ2n) is 3.35. The second-order valence-corrected chi connectivity index (χ2v) is 4.26. The first-order chi connectivity index (χ1) is 7.18. The average molecular weight is 221 g/mol. The zero-order chi connectivity index (χ0) is 10.8. The molecule has 78 valence electrons. The largest absolute Gasteiger partial charge is 0.480 e. The molecule has 0 aliphatic carbocycles. The Morgan fingerprint density at radius 1 is 1.47 bits per heavy atom. The van der Waals surface area contributed by atoms with E-state index in [4.69, 9.17) is 5.11 Å². The lowest BCUT2D eigenvalue weighted by molar-refractivity contribution is -0.137. The molecule has 2 N–H and O–H groups in total. The smallest absolute Gasteiger partial charge is 0.325 e. The molecule has 0 spiro atoms. The Morgan fingerprint density at radius 3 is 2.93 bits per heavy atom. The topological polar surface area (TPSA) is 49.3 Å². The van der Waals surface area contributed by atoms with Gasteiger partial charge in [-0.3, -0.25) is 4.79 Å². The fourth-order valence-corrected chi connectivity index (χ4v) is 2.29. The first-order valence-electron chi connectivity index (χ1n) is 4.64. The molecule has 0 fully saturated rings. The van der Waals surface area contributed by atoms with E-state index in [-0.39, 0.29) is 0 Å². The van der Waals surface area contributed by atoms with Gasteiger partial charge in [-0.1, -0.05) is 18.2 Å². The predicted octanol–water partition coefficient (Wildman–Crippen LogP) is 2.79. The average Bonchev–Trinajstić information content (AvgIpc) is 2.62. The molecule has 1 aromatic carbocycles. The molecule has 0 bridgehead atoms. The van der Waals surface area contributed by atoms with Crippen molar-refractivity contribution in [2.45, 2.75) is 13.0 Å². The molecule has 0 aliphatic heterocycles. The van der Waals surface area contributed by atoms with Crippen LogP contribution in [-0.4, -0.2) is 17.1 Å². The Bertz CT molecular complexity index is 492. The third kappa shape index (κ3) is 1.94. The van der Waals surface area contributed by atoms with E-state index in [1.807, 2.05) is 29.6 Å². The summed E-state index contributed by atoms with van der Waals surface area (Å²) in [6.45, 7) is 1.63. The van der Waals surface area contributed by atoms with Crippen LogP contribution >= 0.6 is 11.3 Å². The van der Waals surface area contributed by atoms with Crippen LogP contribution in [0.1, 0.15) is 6.92 Å². The summed E-state index contributed by atoms with van der Waals surface area (Å²) in [4.78, 5) is 10.7. The second kappa shape index (κ2) is 3.90. The van der Waals surface area contributed by atoms with Crippen LogP contribution in [0.15, 0.2) is 29.6 Å². The van der Waals surface area contributed by atoms with Crippen molar-refractivity contribution < 1.29 is 9.90 Å². The van der Waals surface area contributed by atoms with Gasteiger partial charge in [-0.2, -0.15) is 0 Å². The van der Waals surface area contributed by atoms with E-state index < -0.39 is 12.0 Å². The number of fused-ring (bicyclic) bond motifs is 1. The minimum Gasteiger partial charge on any atom is -0.480 e. The molecular weight excluding hydrogens is 210 g/mol. The van der Waals surface area contributed by atoms with Crippen LogP contribution in [-0.2, 0) is 4.79 Å². The summed E-state index contributed by atoms with van der Waals surface area (Å²) < 4.78 is 1.16. The first-order valence-corrected chi connectivity index (χ1v) is 5.52. The van der Waals surface area contributed by atoms with Crippen LogP contribution in [0.5, 0.6) is 0 Å². The number of nitrogens with one attached hydrogen (secondary N) is 1. The third-order valence-corrected chi connectivity index (χ3v) is 3.19. The van der Waals surface area contributed by atoms with Crippen molar-refractivity contribution in [3.63, 3.8) is 0 Å². The van der Waals surface area contributed by atoms with Crippen LogP contribution in [0.25, 0.3) is 10.1 Å². The number of anilines is 1. The summed E-state index contributed by atoms with van der Waals surface area (Å²) in [6.07, 6.45) is 0. The number of hydrogen-bond donors (Lipinski definition) is 2. The number of carboxylic acids is 1. The van der Waals surface area contributed by atoms with E-state index in [1.54, 1.807) is 18.3 Å². The van der Waals surface area contributed by atoms with Gasteiger partial charge in [-0.05, 0) is 13.0 Å². The lowest BCUT2D eigenvalue weighted by atomic mass is 10.2. The fraction of sp³-hybridized carbons (Fsp3) is 0.182.